The van der Waals surface area contributed by atoms with Crippen molar-refractivity contribution in [2.24, 2.45) is 5.92 Å². The van der Waals surface area contributed by atoms with Crippen LogP contribution in [0.15, 0.2) is 24.3 Å². The first-order valence-corrected chi connectivity index (χ1v) is 8.34. The van der Waals surface area contributed by atoms with Gasteiger partial charge in [-0.3, -0.25) is 4.90 Å². The zero-order chi connectivity index (χ0) is 13.5. The molecule has 4 heteroatoms. The molecule has 0 radical (unpaired) electrons. The third kappa shape index (κ3) is 2.16. The van der Waals surface area contributed by atoms with Crippen molar-refractivity contribution in [3.05, 3.63) is 30.0 Å². The summed E-state index contributed by atoms with van der Waals surface area (Å²) in [6.07, 6.45) is 2.76. The van der Waals surface area contributed by atoms with Gasteiger partial charge in [0.25, 0.3) is 0 Å². The Morgan fingerprint density at radius 1 is 1.30 bits per heavy atom. The topological polar surface area (TPSA) is 19.4 Å². The Balaban J connectivity index is 1.53. The molecule has 1 aromatic carbocycles. The fourth-order valence-electron chi connectivity index (χ4n) is 3.84. The van der Waals surface area contributed by atoms with Crippen molar-refractivity contribution in [3.8, 4) is 0 Å². The van der Waals surface area contributed by atoms with E-state index in [1.165, 1.54) is 48.3 Å². The van der Waals surface area contributed by atoms with Crippen molar-refractivity contribution >= 4 is 21.6 Å². The van der Waals surface area contributed by atoms with Crippen LogP contribution in [0.1, 0.15) is 18.5 Å². The van der Waals surface area contributed by atoms with Crippen molar-refractivity contribution < 1.29 is 0 Å². The van der Waals surface area contributed by atoms with Gasteiger partial charge in [0, 0.05) is 24.5 Å². The van der Waals surface area contributed by atoms with Crippen LogP contribution in [0.2, 0.25) is 0 Å². The minimum atomic E-state index is 0.720. The van der Waals surface area contributed by atoms with Crippen molar-refractivity contribution in [1.82, 2.24) is 14.2 Å². The Hall–Kier alpha value is -0.970. The Morgan fingerprint density at radius 3 is 2.85 bits per heavy atom. The number of aromatic nitrogens is 1. The van der Waals surface area contributed by atoms with Crippen LogP contribution in [-0.4, -0.2) is 46.9 Å². The highest BCUT2D eigenvalue weighted by Crippen LogP contribution is 2.32. The van der Waals surface area contributed by atoms with Gasteiger partial charge in [-0.25, -0.2) is 0 Å². The van der Waals surface area contributed by atoms with Crippen LogP contribution >= 0.6 is 11.5 Å². The van der Waals surface area contributed by atoms with Crippen molar-refractivity contribution in [2.75, 3.05) is 26.7 Å². The van der Waals surface area contributed by atoms with Gasteiger partial charge in [0.05, 0.1) is 10.4 Å². The minimum absolute atomic E-state index is 0.720. The van der Waals surface area contributed by atoms with E-state index in [0.29, 0.717) is 0 Å². The predicted octanol–water partition coefficient (Wildman–Crippen LogP) is 2.82. The number of fused-ring (bicyclic) bond motifs is 4. The number of rotatable bonds is 3. The van der Waals surface area contributed by atoms with E-state index >= 15 is 0 Å². The largest absolute Gasteiger partial charge is 0.302 e. The third-order valence-corrected chi connectivity index (χ3v) is 5.90. The fraction of sp³-hybridized carbons (Fsp3) is 0.562. The summed E-state index contributed by atoms with van der Waals surface area (Å²) in [6.45, 7) is 4.87. The molecule has 4 heterocycles. The molecule has 5 rings (SSSR count). The summed E-state index contributed by atoms with van der Waals surface area (Å²) in [5, 5.41) is 1.34. The summed E-state index contributed by atoms with van der Waals surface area (Å²) in [5.41, 5.74) is 1.25. The summed E-state index contributed by atoms with van der Waals surface area (Å²) in [5.74, 6) is 0.898. The molecule has 2 aromatic rings. The third-order valence-electron chi connectivity index (χ3n) is 5.04. The van der Waals surface area contributed by atoms with Gasteiger partial charge >= 0.3 is 0 Å². The van der Waals surface area contributed by atoms with Crippen molar-refractivity contribution in [2.45, 2.75) is 25.4 Å². The summed E-state index contributed by atoms with van der Waals surface area (Å²) in [4.78, 5) is 5.16. The molecule has 3 fully saturated rings. The van der Waals surface area contributed by atoms with E-state index < -0.39 is 0 Å². The monoisotopic (exact) mass is 287 g/mol. The summed E-state index contributed by atoms with van der Waals surface area (Å²) in [6, 6.07) is 9.32. The quantitative estimate of drug-likeness (QED) is 0.865. The molecule has 0 spiro atoms. The van der Waals surface area contributed by atoms with E-state index in [0.717, 1.165) is 18.5 Å². The van der Waals surface area contributed by atoms with Gasteiger partial charge < -0.3 is 4.90 Å². The Morgan fingerprint density at radius 2 is 2.10 bits per heavy atom. The van der Waals surface area contributed by atoms with E-state index in [1.54, 1.807) is 11.5 Å². The van der Waals surface area contributed by atoms with Crippen molar-refractivity contribution in [1.29, 1.82) is 0 Å². The molecule has 3 saturated heterocycles. The van der Waals surface area contributed by atoms with Gasteiger partial charge in [0.15, 0.2) is 0 Å². The van der Waals surface area contributed by atoms with Crippen LogP contribution in [0.3, 0.4) is 0 Å². The molecule has 0 amide bonds. The summed E-state index contributed by atoms with van der Waals surface area (Å²) >= 11 is 1.63. The zero-order valence-electron chi connectivity index (χ0n) is 12.0. The molecule has 0 N–H and O–H groups in total. The maximum atomic E-state index is 4.68. The summed E-state index contributed by atoms with van der Waals surface area (Å²) < 4.78 is 5.99. The number of piperidine rings is 3. The van der Waals surface area contributed by atoms with E-state index in [9.17, 15) is 0 Å². The molecule has 3 aliphatic heterocycles. The van der Waals surface area contributed by atoms with E-state index in [-0.39, 0.29) is 0 Å². The molecule has 1 aromatic heterocycles. The number of hydrogen-bond donors (Lipinski definition) is 0. The average molecular weight is 287 g/mol. The maximum absolute atomic E-state index is 4.68. The van der Waals surface area contributed by atoms with Crippen LogP contribution in [0.4, 0.5) is 0 Å². The highest BCUT2D eigenvalue weighted by molar-refractivity contribution is 7.13. The van der Waals surface area contributed by atoms with Crippen LogP contribution in [0.5, 0.6) is 0 Å². The molecule has 106 valence electrons. The van der Waals surface area contributed by atoms with Crippen LogP contribution < -0.4 is 0 Å². The first kappa shape index (κ1) is 12.7. The molecule has 3 nitrogen and oxygen atoms in total. The second kappa shape index (κ2) is 5.10. The average Bonchev–Trinajstić information content (AvgIpc) is 2.92. The number of likely N-dealkylation sites (N-methyl/N-ethyl adjacent to an activating group) is 1. The molecule has 0 saturated carbocycles. The first-order valence-electron chi connectivity index (χ1n) is 7.57. The van der Waals surface area contributed by atoms with E-state index in [2.05, 4.69) is 45.5 Å². The van der Waals surface area contributed by atoms with Gasteiger partial charge in [-0.05, 0) is 56.5 Å². The van der Waals surface area contributed by atoms with Crippen molar-refractivity contribution in [3.63, 3.8) is 0 Å². The second-order valence-corrected chi connectivity index (χ2v) is 7.05. The molecule has 1 atom stereocenters. The molecular formula is C16H21N3S. The lowest BCUT2D eigenvalue weighted by Gasteiger charge is -2.48. The molecule has 20 heavy (non-hydrogen) atoms. The smallest absolute Gasteiger partial charge is 0.0760 e. The normalized spacial score (nSPS) is 29.4. The minimum Gasteiger partial charge on any atom is -0.302 e. The van der Waals surface area contributed by atoms with Gasteiger partial charge in [-0.15, -0.1) is 0 Å². The highest BCUT2D eigenvalue weighted by atomic mass is 32.1. The standard InChI is InChI=1S/C16H21N3S/c1-18(15-11-19-8-6-12(15)7-9-19)10-14-13-4-2-3-5-16(13)20-17-14/h2-5,12,15H,6-11H2,1H3. The second-order valence-electron chi connectivity index (χ2n) is 6.25. The molecule has 1 unspecified atom stereocenters. The van der Waals surface area contributed by atoms with Gasteiger partial charge in [0.1, 0.15) is 0 Å². The fourth-order valence-corrected chi connectivity index (χ4v) is 4.63. The molecule has 0 aliphatic carbocycles. The van der Waals surface area contributed by atoms with Gasteiger partial charge in [0.2, 0.25) is 0 Å². The SMILES string of the molecule is CN(Cc1nsc2ccccc12)C1CN2CCC1CC2. The lowest BCUT2D eigenvalue weighted by Crippen LogP contribution is -2.56. The maximum Gasteiger partial charge on any atom is 0.0760 e. The predicted molar refractivity (Wildman–Crippen MR) is 84.0 cm³/mol. The van der Waals surface area contributed by atoms with E-state index in [1.807, 2.05) is 0 Å². The van der Waals surface area contributed by atoms with Crippen LogP contribution in [0, 0.1) is 5.92 Å². The van der Waals surface area contributed by atoms with E-state index in [4.69, 9.17) is 0 Å². The zero-order valence-corrected chi connectivity index (χ0v) is 12.8. The number of hydrogen-bond acceptors (Lipinski definition) is 4. The number of benzene rings is 1. The first-order chi connectivity index (χ1) is 9.81. The molecule has 3 aliphatic rings. The molecular weight excluding hydrogens is 266 g/mol. The lowest BCUT2D eigenvalue weighted by molar-refractivity contribution is 0.0133. The van der Waals surface area contributed by atoms with Gasteiger partial charge in [-0.2, -0.15) is 4.37 Å². The molecule has 2 bridgehead atoms. The van der Waals surface area contributed by atoms with Crippen LogP contribution in [0.25, 0.3) is 10.1 Å². The Kier molecular flexibility index (Phi) is 3.25. The Bertz CT molecular complexity index is 601. The highest BCUT2D eigenvalue weighted by Gasteiger charge is 2.36. The summed E-state index contributed by atoms with van der Waals surface area (Å²) in [7, 11) is 2.28. The Labute approximate surface area is 124 Å². The lowest BCUT2D eigenvalue weighted by atomic mass is 9.83. The van der Waals surface area contributed by atoms with Gasteiger partial charge in [-0.1, -0.05) is 18.2 Å². The number of nitrogens with zero attached hydrogens (tertiary/aromatic N) is 3. The van der Waals surface area contributed by atoms with Crippen LogP contribution in [-0.2, 0) is 6.54 Å².